The number of amides is 1. The largest absolute Gasteiger partial charge is 0.339 e. The van der Waals surface area contributed by atoms with Crippen LogP contribution in [-0.2, 0) is 11.3 Å². The zero-order valence-corrected chi connectivity index (χ0v) is 16.9. The highest BCUT2D eigenvalue weighted by Crippen LogP contribution is 2.27. The van der Waals surface area contributed by atoms with Crippen molar-refractivity contribution in [3.05, 3.63) is 65.7 Å². The van der Waals surface area contributed by atoms with Crippen LogP contribution in [0, 0.1) is 11.7 Å². The maximum Gasteiger partial charge on any atom is 0.223 e. The molecule has 0 spiro atoms. The average molecular weight is 384 g/mol. The lowest BCUT2D eigenvalue weighted by Crippen LogP contribution is -2.37. The van der Waals surface area contributed by atoms with Crippen LogP contribution in [0.2, 0.25) is 0 Å². The first-order valence-corrected chi connectivity index (χ1v) is 10.2. The van der Waals surface area contributed by atoms with Gasteiger partial charge in [0.25, 0.3) is 0 Å². The molecule has 0 aliphatic carbocycles. The van der Waals surface area contributed by atoms with Gasteiger partial charge in [-0.05, 0) is 68.1 Å². The van der Waals surface area contributed by atoms with Gasteiger partial charge in [-0.25, -0.2) is 4.39 Å². The highest BCUT2D eigenvalue weighted by molar-refractivity contribution is 5.76. The third kappa shape index (κ3) is 5.38. The molecule has 1 fully saturated rings. The molecule has 2 aromatic rings. The van der Waals surface area contributed by atoms with Gasteiger partial charge in [-0.2, -0.15) is 0 Å². The monoisotopic (exact) mass is 383 g/mol. The number of benzene rings is 1. The van der Waals surface area contributed by atoms with E-state index in [4.69, 9.17) is 0 Å². The van der Waals surface area contributed by atoms with Gasteiger partial charge in [0.1, 0.15) is 5.82 Å². The topological polar surface area (TPSA) is 36.4 Å². The van der Waals surface area contributed by atoms with Crippen molar-refractivity contribution >= 4 is 5.91 Å². The van der Waals surface area contributed by atoms with E-state index in [1.54, 1.807) is 12.1 Å². The molecule has 150 valence electrons. The van der Waals surface area contributed by atoms with Crippen molar-refractivity contribution in [2.45, 2.75) is 45.2 Å². The molecular weight excluding hydrogens is 353 g/mol. The van der Waals surface area contributed by atoms with Crippen molar-refractivity contribution in [1.29, 1.82) is 0 Å². The second-order valence-electron chi connectivity index (χ2n) is 7.72. The summed E-state index contributed by atoms with van der Waals surface area (Å²) in [7, 11) is 1.87. The SMILES string of the molecule is CCC(c1ccc(F)cc1)N(C)C(=O)CC1CCN(Cc2ccccn2)CC1. The van der Waals surface area contributed by atoms with Crippen LogP contribution in [0.25, 0.3) is 0 Å². The maximum atomic E-state index is 13.2. The van der Waals surface area contributed by atoms with Crippen LogP contribution in [0.5, 0.6) is 0 Å². The van der Waals surface area contributed by atoms with Crippen LogP contribution in [0.3, 0.4) is 0 Å². The first-order valence-electron chi connectivity index (χ1n) is 10.2. The molecule has 0 radical (unpaired) electrons. The number of carbonyl (C=O) groups excluding carboxylic acids is 1. The van der Waals surface area contributed by atoms with Gasteiger partial charge >= 0.3 is 0 Å². The summed E-state index contributed by atoms with van der Waals surface area (Å²) in [5, 5.41) is 0. The Morgan fingerprint density at radius 1 is 1.21 bits per heavy atom. The van der Waals surface area contributed by atoms with Gasteiger partial charge in [0.2, 0.25) is 5.91 Å². The minimum Gasteiger partial charge on any atom is -0.339 e. The highest BCUT2D eigenvalue weighted by atomic mass is 19.1. The summed E-state index contributed by atoms with van der Waals surface area (Å²) >= 11 is 0. The van der Waals surface area contributed by atoms with Crippen LogP contribution in [0.4, 0.5) is 4.39 Å². The number of nitrogens with zero attached hydrogens (tertiary/aromatic N) is 3. The fraction of sp³-hybridized carbons (Fsp3) is 0.478. The molecule has 4 nitrogen and oxygen atoms in total. The molecule has 1 aromatic carbocycles. The molecule has 0 saturated carbocycles. The van der Waals surface area contributed by atoms with E-state index in [2.05, 4.69) is 22.9 Å². The van der Waals surface area contributed by atoms with E-state index in [9.17, 15) is 9.18 Å². The summed E-state index contributed by atoms with van der Waals surface area (Å²) in [6.45, 7) is 4.96. The normalized spacial score (nSPS) is 16.7. The number of rotatable bonds is 7. The Labute approximate surface area is 167 Å². The molecule has 3 rings (SSSR count). The minimum absolute atomic E-state index is 0.00246. The Hall–Kier alpha value is -2.27. The summed E-state index contributed by atoms with van der Waals surface area (Å²) in [5.74, 6) is 0.366. The fourth-order valence-corrected chi connectivity index (χ4v) is 4.05. The number of carbonyl (C=O) groups is 1. The molecule has 1 aliphatic rings. The number of hydrogen-bond donors (Lipinski definition) is 0. The van der Waals surface area contributed by atoms with E-state index < -0.39 is 0 Å². The third-order valence-electron chi connectivity index (χ3n) is 5.78. The molecule has 1 amide bonds. The van der Waals surface area contributed by atoms with Crippen molar-refractivity contribution in [3.63, 3.8) is 0 Å². The molecule has 1 aromatic heterocycles. The van der Waals surface area contributed by atoms with Gasteiger partial charge in [-0.1, -0.05) is 25.1 Å². The summed E-state index contributed by atoms with van der Waals surface area (Å²) < 4.78 is 13.2. The van der Waals surface area contributed by atoms with E-state index >= 15 is 0 Å². The lowest BCUT2D eigenvalue weighted by molar-refractivity contribution is -0.133. The predicted molar refractivity (Wildman–Crippen MR) is 109 cm³/mol. The second-order valence-corrected chi connectivity index (χ2v) is 7.72. The summed E-state index contributed by atoms with van der Waals surface area (Å²) in [4.78, 5) is 21.5. The van der Waals surface area contributed by atoms with E-state index in [1.165, 1.54) is 12.1 Å². The van der Waals surface area contributed by atoms with Gasteiger partial charge in [-0.15, -0.1) is 0 Å². The smallest absolute Gasteiger partial charge is 0.223 e. The summed E-state index contributed by atoms with van der Waals surface area (Å²) in [5.41, 5.74) is 2.09. The van der Waals surface area contributed by atoms with E-state index in [0.717, 1.165) is 50.2 Å². The Kier molecular flexibility index (Phi) is 7.15. The first kappa shape index (κ1) is 20.5. The zero-order chi connectivity index (χ0) is 19.9. The molecule has 0 N–H and O–H groups in total. The Morgan fingerprint density at radius 3 is 2.54 bits per heavy atom. The molecule has 1 aliphatic heterocycles. The first-order chi connectivity index (χ1) is 13.6. The summed E-state index contributed by atoms with van der Waals surface area (Å²) in [6.07, 6.45) is 5.32. The van der Waals surface area contributed by atoms with Gasteiger partial charge in [0.05, 0.1) is 11.7 Å². The van der Waals surface area contributed by atoms with Gasteiger partial charge in [0.15, 0.2) is 0 Å². The fourth-order valence-electron chi connectivity index (χ4n) is 4.05. The Morgan fingerprint density at radius 2 is 1.93 bits per heavy atom. The molecule has 1 unspecified atom stereocenters. The molecular formula is C23H30FN3O. The number of pyridine rings is 1. The van der Waals surface area contributed by atoms with E-state index in [0.29, 0.717) is 12.3 Å². The molecule has 5 heteroatoms. The number of piperidine rings is 1. The Bertz CT molecular complexity index is 742. The third-order valence-corrected chi connectivity index (χ3v) is 5.78. The van der Waals surface area contributed by atoms with Crippen LogP contribution < -0.4 is 0 Å². The molecule has 1 atom stereocenters. The molecule has 0 bridgehead atoms. The van der Waals surface area contributed by atoms with Crippen molar-refractivity contribution in [3.8, 4) is 0 Å². The molecule has 28 heavy (non-hydrogen) atoms. The quantitative estimate of drug-likeness (QED) is 0.710. The minimum atomic E-state index is -0.245. The lowest BCUT2D eigenvalue weighted by Gasteiger charge is -2.33. The van der Waals surface area contributed by atoms with Crippen molar-refractivity contribution in [2.24, 2.45) is 5.92 Å². The molecule has 1 saturated heterocycles. The van der Waals surface area contributed by atoms with E-state index in [1.807, 2.05) is 30.3 Å². The van der Waals surface area contributed by atoms with Gasteiger partial charge in [-0.3, -0.25) is 14.7 Å². The van der Waals surface area contributed by atoms with E-state index in [-0.39, 0.29) is 17.8 Å². The maximum absolute atomic E-state index is 13.2. The highest BCUT2D eigenvalue weighted by Gasteiger charge is 2.26. The predicted octanol–water partition coefficient (Wildman–Crippen LogP) is 4.43. The van der Waals surface area contributed by atoms with Crippen LogP contribution in [0.1, 0.15) is 49.9 Å². The van der Waals surface area contributed by atoms with Crippen molar-refractivity contribution < 1.29 is 9.18 Å². The van der Waals surface area contributed by atoms with Crippen LogP contribution in [0.15, 0.2) is 48.7 Å². The van der Waals surface area contributed by atoms with Gasteiger partial charge < -0.3 is 4.90 Å². The Balaban J connectivity index is 1.49. The summed E-state index contributed by atoms with van der Waals surface area (Å²) in [6, 6.07) is 12.5. The number of halogens is 1. The number of likely N-dealkylation sites (tertiary alicyclic amines) is 1. The second kappa shape index (κ2) is 9.78. The lowest BCUT2D eigenvalue weighted by atomic mass is 9.92. The standard InChI is InChI=1S/C23H30FN3O/c1-3-22(19-7-9-20(24)10-8-19)26(2)23(28)16-18-11-14-27(15-12-18)17-21-6-4-5-13-25-21/h4-10,13,18,22H,3,11-12,14-17H2,1-2H3. The number of hydrogen-bond acceptors (Lipinski definition) is 3. The number of aromatic nitrogens is 1. The van der Waals surface area contributed by atoms with Crippen LogP contribution in [-0.4, -0.2) is 40.8 Å². The van der Waals surface area contributed by atoms with Crippen molar-refractivity contribution in [2.75, 3.05) is 20.1 Å². The zero-order valence-electron chi connectivity index (χ0n) is 16.9. The molecule has 2 heterocycles. The average Bonchev–Trinajstić information content (AvgIpc) is 2.72. The van der Waals surface area contributed by atoms with Crippen molar-refractivity contribution in [1.82, 2.24) is 14.8 Å². The van der Waals surface area contributed by atoms with Crippen LogP contribution >= 0.6 is 0 Å². The van der Waals surface area contributed by atoms with Gasteiger partial charge in [0, 0.05) is 26.2 Å².